The lowest BCUT2D eigenvalue weighted by Gasteiger charge is -2.17. The Balaban J connectivity index is 2.14. The first-order valence-corrected chi connectivity index (χ1v) is 8.95. The van der Waals surface area contributed by atoms with Crippen LogP contribution in [0.25, 0.3) is 11.0 Å². The second-order valence-corrected chi connectivity index (χ2v) is 6.41. The third-order valence-corrected chi connectivity index (χ3v) is 4.70. The van der Waals surface area contributed by atoms with E-state index in [2.05, 4.69) is 0 Å². The molecule has 0 spiro atoms. The van der Waals surface area contributed by atoms with Gasteiger partial charge in [-0.1, -0.05) is 0 Å². The van der Waals surface area contributed by atoms with E-state index in [1.165, 1.54) is 33.5 Å². The minimum atomic E-state index is -1.09. The maximum atomic E-state index is 13.2. The molecule has 0 saturated heterocycles. The number of Topliss-reactive ketones (excluding diaryl/α,β-unsaturated/α-hetero) is 1. The number of hydrogen-bond acceptors (Lipinski definition) is 7. The third kappa shape index (κ3) is 4.03. The summed E-state index contributed by atoms with van der Waals surface area (Å²) in [6, 6.07) is 9.32. The van der Waals surface area contributed by atoms with Crippen molar-refractivity contribution < 1.29 is 32.6 Å². The molecule has 1 unspecified atom stereocenters. The van der Waals surface area contributed by atoms with Gasteiger partial charge >= 0.3 is 11.6 Å². The number of benzene rings is 2. The topological polar surface area (TPSA) is 92.0 Å². The first-order valence-electron chi connectivity index (χ1n) is 8.95. The molecule has 0 amide bonds. The molecule has 3 rings (SSSR count). The molecule has 8 heteroatoms. The Bertz CT molecular complexity index is 1150. The molecule has 2 aromatic carbocycles. The Morgan fingerprint density at radius 3 is 2.33 bits per heavy atom. The van der Waals surface area contributed by atoms with Crippen molar-refractivity contribution in [1.82, 2.24) is 0 Å². The van der Waals surface area contributed by atoms with Gasteiger partial charge in [0.25, 0.3) is 0 Å². The molecule has 0 saturated carbocycles. The fourth-order valence-corrected chi connectivity index (χ4v) is 3.25. The van der Waals surface area contributed by atoms with Crippen molar-refractivity contribution in [3.8, 4) is 11.5 Å². The van der Waals surface area contributed by atoms with E-state index in [1.807, 2.05) is 0 Å². The molecular weight excluding hydrogens is 395 g/mol. The number of hydrogen-bond donors (Lipinski definition) is 0. The lowest BCUT2D eigenvalue weighted by Crippen LogP contribution is -2.20. The van der Waals surface area contributed by atoms with E-state index >= 15 is 0 Å². The van der Waals surface area contributed by atoms with Gasteiger partial charge < -0.3 is 18.6 Å². The highest BCUT2D eigenvalue weighted by atomic mass is 19.1. The fourth-order valence-electron chi connectivity index (χ4n) is 3.25. The number of ketones is 1. The van der Waals surface area contributed by atoms with Gasteiger partial charge in [0.2, 0.25) is 5.75 Å². The quantitative estimate of drug-likeness (QED) is 0.332. The van der Waals surface area contributed by atoms with E-state index in [0.717, 1.165) is 18.2 Å². The maximum absolute atomic E-state index is 13.2. The molecular formula is C22H19FO7. The SMILES string of the molecule is COC(=O)C(CC(=O)c1ccc(F)cc1)c1cc(=O)oc2c(OC)c(OC)ccc12. The Kier molecular flexibility index (Phi) is 6.15. The summed E-state index contributed by atoms with van der Waals surface area (Å²) in [5, 5.41) is 0.398. The third-order valence-electron chi connectivity index (χ3n) is 4.70. The lowest BCUT2D eigenvalue weighted by atomic mass is 9.89. The predicted molar refractivity (Wildman–Crippen MR) is 106 cm³/mol. The van der Waals surface area contributed by atoms with Gasteiger partial charge in [-0.2, -0.15) is 0 Å². The molecule has 3 aromatic rings. The molecule has 1 aromatic heterocycles. The predicted octanol–water partition coefficient (Wildman–Crippen LogP) is 3.48. The summed E-state index contributed by atoms with van der Waals surface area (Å²) < 4.78 is 33.9. The molecule has 1 heterocycles. The average molecular weight is 414 g/mol. The average Bonchev–Trinajstić information content (AvgIpc) is 2.75. The summed E-state index contributed by atoms with van der Waals surface area (Å²) in [5.41, 5.74) is -0.156. The van der Waals surface area contributed by atoms with Crippen molar-refractivity contribution >= 4 is 22.7 Å². The van der Waals surface area contributed by atoms with E-state index in [1.54, 1.807) is 12.1 Å². The van der Waals surface area contributed by atoms with Gasteiger partial charge in [-0.15, -0.1) is 0 Å². The maximum Gasteiger partial charge on any atom is 0.336 e. The van der Waals surface area contributed by atoms with Crippen LogP contribution in [0.1, 0.15) is 28.3 Å². The number of rotatable bonds is 7. The number of halogens is 1. The summed E-state index contributed by atoms with van der Waals surface area (Å²) in [6.45, 7) is 0. The zero-order valence-electron chi connectivity index (χ0n) is 16.6. The molecule has 0 N–H and O–H groups in total. The highest BCUT2D eigenvalue weighted by molar-refractivity contribution is 6.01. The minimum absolute atomic E-state index is 0.0856. The van der Waals surface area contributed by atoms with E-state index in [-0.39, 0.29) is 28.9 Å². The fraction of sp³-hybridized carbons (Fsp3) is 0.227. The van der Waals surface area contributed by atoms with Crippen molar-refractivity contribution in [2.75, 3.05) is 21.3 Å². The van der Waals surface area contributed by atoms with Gasteiger partial charge in [-0.05, 0) is 42.0 Å². The Hall–Kier alpha value is -3.68. The summed E-state index contributed by atoms with van der Waals surface area (Å²) in [6.07, 6.45) is -0.287. The molecule has 0 radical (unpaired) electrons. The van der Waals surface area contributed by atoms with Gasteiger partial charge in [-0.3, -0.25) is 9.59 Å². The van der Waals surface area contributed by atoms with Gasteiger partial charge in [0, 0.05) is 23.4 Å². The number of methoxy groups -OCH3 is 3. The van der Waals surface area contributed by atoms with Crippen molar-refractivity contribution in [2.45, 2.75) is 12.3 Å². The monoisotopic (exact) mass is 414 g/mol. The minimum Gasteiger partial charge on any atom is -0.493 e. The van der Waals surface area contributed by atoms with Crippen LogP contribution in [0.4, 0.5) is 4.39 Å². The lowest BCUT2D eigenvalue weighted by molar-refractivity contribution is -0.142. The van der Waals surface area contributed by atoms with Crippen LogP contribution in [-0.2, 0) is 9.53 Å². The number of esters is 1. The Morgan fingerprint density at radius 2 is 1.73 bits per heavy atom. The van der Waals surface area contributed by atoms with Crippen LogP contribution >= 0.6 is 0 Å². The van der Waals surface area contributed by atoms with Crippen molar-refractivity contribution in [3.63, 3.8) is 0 Å². The zero-order chi connectivity index (χ0) is 21.8. The van der Waals surface area contributed by atoms with Crippen LogP contribution in [0.3, 0.4) is 0 Å². The van der Waals surface area contributed by atoms with E-state index in [9.17, 15) is 18.8 Å². The van der Waals surface area contributed by atoms with Gasteiger partial charge in [0.1, 0.15) is 5.82 Å². The van der Waals surface area contributed by atoms with E-state index in [4.69, 9.17) is 18.6 Å². The van der Waals surface area contributed by atoms with Crippen molar-refractivity contribution in [2.24, 2.45) is 0 Å². The summed E-state index contributed by atoms with van der Waals surface area (Å²) in [7, 11) is 4.01. The molecule has 156 valence electrons. The van der Waals surface area contributed by atoms with Gasteiger partial charge in [0.05, 0.1) is 27.2 Å². The number of carbonyl (C=O) groups excluding carboxylic acids is 2. The molecule has 0 aliphatic carbocycles. The zero-order valence-corrected chi connectivity index (χ0v) is 16.6. The highest BCUT2D eigenvalue weighted by Crippen LogP contribution is 2.38. The van der Waals surface area contributed by atoms with Crippen LogP contribution in [0, 0.1) is 5.82 Å². The van der Waals surface area contributed by atoms with Gasteiger partial charge in [-0.25, -0.2) is 9.18 Å². The molecule has 0 fully saturated rings. The van der Waals surface area contributed by atoms with E-state index < -0.39 is 29.1 Å². The summed E-state index contributed by atoms with van der Waals surface area (Å²) in [5.74, 6) is -2.16. The number of fused-ring (bicyclic) bond motifs is 1. The first kappa shape index (κ1) is 21.0. The number of carbonyl (C=O) groups is 2. The molecule has 1 atom stereocenters. The van der Waals surface area contributed by atoms with Crippen LogP contribution in [0.2, 0.25) is 0 Å². The smallest absolute Gasteiger partial charge is 0.336 e. The Morgan fingerprint density at radius 1 is 1.03 bits per heavy atom. The normalized spacial score (nSPS) is 11.7. The van der Waals surface area contributed by atoms with Crippen molar-refractivity contribution in [1.29, 1.82) is 0 Å². The molecule has 30 heavy (non-hydrogen) atoms. The second kappa shape index (κ2) is 8.77. The molecule has 7 nitrogen and oxygen atoms in total. The van der Waals surface area contributed by atoms with Crippen molar-refractivity contribution in [3.05, 3.63) is 69.8 Å². The van der Waals surface area contributed by atoms with Crippen LogP contribution < -0.4 is 15.1 Å². The van der Waals surface area contributed by atoms with Crippen LogP contribution in [0.5, 0.6) is 11.5 Å². The van der Waals surface area contributed by atoms with Gasteiger partial charge in [0.15, 0.2) is 17.1 Å². The summed E-state index contributed by atoms with van der Waals surface area (Å²) in [4.78, 5) is 37.5. The first-order chi connectivity index (χ1) is 14.4. The molecule has 0 aliphatic heterocycles. The largest absolute Gasteiger partial charge is 0.493 e. The van der Waals surface area contributed by atoms with Crippen LogP contribution in [-0.4, -0.2) is 33.1 Å². The second-order valence-electron chi connectivity index (χ2n) is 6.41. The molecule has 0 bridgehead atoms. The standard InChI is InChI=1S/C22H19FO7/c1-27-18-9-8-14-15(11-19(25)30-20(14)21(18)28-2)16(22(26)29-3)10-17(24)12-4-6-13(23)7-5-12/h4-9,11,16H,10H2,1-3H3. The Labute approximate surface area is 171 Å². The van der Waals surface area contributed by atoms with Crippen LogP contribution in [0.15, 0.2) is 51.7 Å². The summed E-state index contributed by atoms with van der Waals surface area (Å²) >= 11 is 0. The highest BCUT2D eigenvalue weighted by Gasteiger charge is 2.29. The number of ether oxygens (including phenoxy) is 3. The van der Waals surface area contributed by atoms with E-state index in [0.29, 0.717) is 11.1 Å². The molecule has 0 aliphatic rings.